The smallest absolute Gasteiger partial charge is 0.106 e. The minimum absolute atomic E-state index is 0.155. The minimum Gasteiger partial charge on any atom is -0.264 e. The van der Waals surface area contributed by atoms with Crippen molar-refractivity contribution in [2.75, 3.05) is 11.5 Å². The standard InChI is InChI=1S/C9H11NOS2/c11-13-6-2-5-12-9(13)8-3-1-4-10-7-8/h1,3-4,7,9H,2,5-6H2/t9-,13+/m1/s1. The molecule has 1 aromatic rings. The molecule has 1 aliphatic heterocycles. The molecular formula is C9H11NOS2. The van der Waals surface area contributed by atoms with Crippen molar-refractivity contribution in [3.63, 3.8) is 0 Å². The Bertz CT molecular complexity index is 302. The van der Waals surface area contributed by atoms with E-state index >= 15 is 0 Å². The lowest BCUT2D eigenvalue weighted by Crippen LogP contribution is -2.13. The van der Waals surface area contributed by atoms with Crippen LogP contribution in [0, 0.1) is 0 Å². The van der Waals surface area contributed by atoms with Crippen molar-refractivity contribution in [2.24, 2.45) is 0 Å². The van der Waals surface area contributed by atoms with Gasteiger partial charge in [0.15, 0.2) is 0 Å². The average Bonchev–Trinajstić information content (AvgIpc) is 2.20. The summed E-state index contributed by atoms with van der Waals surface area (Å²) in [5.41, 5.74) is 1.10. The van der Waals surface area contributed by atoms with Crippen LogP contribution in [-0.2, 0) is 10.8 Å². The largest absolute Gasteiger partial charge is 0.264 e. The molecule has 1 saturated heterocycles. The molecular weight excluding hydrogens is 202 g/mol. The van der Waals surface area contributed by atoms with E-state index in [-0.39, 0.29) is 4.58 Å². The lowest BCUT2D eigenvalue weighted by molar-refractivity contribution is 0.679. The molecule has 2 heterocycles. The molecule has 0 amide bonds. The third-order valence-electron chi connectivity index (χ3n) is 1.95. The van der Waals surface area contributed by atoms with E-state index in [4.69, 9.17) is 0 Å². The number of hydrogen-bond acceptors (Lipinski definition) is 3. The molecule has 0 bridgehead atoms. The Labute approximate surface area is 84.6 Å². The second kappa shape index (κ2) is 4.24. The second-order valence-electron chi connectivity index (χ2n) is 2.93. The van der Waals surface area contributed by atoms with Gasteiger partial charge in [-0.05, 0) is 23.8 Å². The van der Waals surface area contributed by atoms with E-state index in [1.54, 1.807) is 18.0 Å². The summed E-state index contributed by atoms with van der Waals surface area (Å²) in [7, 11) is -0.706. The topological polar surface area (TPSA) is 30.0 Å². The van der Waals surface area contributed by atoms with E-state index in [1.807, 2.05) is 18.3 Å². The molecule has 2 rings (SSSR count). The number of pyridine rings is 1. The van der Waals surface area contributed by atoms with Crippen LogP contribution in [0.3, 0.4) is 0 Å². The Morgan fingerprint density at radius 3 is 3.23 bits per heavy atom. The third-order valence-corrected chi connectivity index (χ3v) is 5.55. The Morgan fingerprint density at radius 1 is 1.62 bits per heavy atom. The van der Waals surface area contributed by atoms with Crippen LogP contribution in [0.2, 0.25) is 0 Å². The van der Waals surface area contributed by atoms with Crippen molar-refractivity contribution in [3.8, 4) is 0 Å². The monoisotopic (exact) mass is 213 g/mol. The van der Waals surface area contributed by atoms with Crippen molar-refractivity contribution in [2.45, 2.75) is 11.0 Å². The summed E-state index contributed by atoms with van der Waals surface area (Å²) in [6.07, 6.45) is 4.65. The fourth-order valence-corrected chi connectivity index (χ4v) is 4.65. The highest BCUT2D eigenvalue weighted by atomic mass is 32.2. The highest BCUT2D eigenvalue weighted by molar-refractivity contribution is 8.11. The summed E-state index contributed by atoms with van der Waals surface area (Å²) in [6.45, 7) is 0. The van der Waals surface area contributed by atoms with Gasteiger partial charge in [0.25, 0.3) is 0 Å². The molecule has 2 nitrogen and oxygen atoms in total. The van der Waals surface area contributed by atoms with E-state index in [1.165, 1.54) is 0 Å². The lowest BCUT2D eigenvalue weighted by atomic mass is 10.3. The highest BCUT2D eigenvalue weighted by Gasteiger charge is 2.22. The maximum Gasteiger partial charge on any atom is 0.106 e. The van der Waals surface area contributed by atoms with Gasteiger partial charge in [0.05, 0.1) is 0 Å². The first-order valence-electron chi connectivity index (χ1n) is 4.26. The van der Waals surface area contributed by atoms with Gasteiger partial charge < -0.3 is 0 Å². The van der Waals surface area contributed by atoms with Crippen molar-refractivity contribution >= 4 is 22.6 Å². The van der Waals surface area contributed by atoms with Crippen molar-refractivity contribution in [3.05, 3.63) is 30.1 Å². The van der Waals surface area contributed by atoms with Crippen molar-refractivity contribution < 1.29 is 4.21 Å². The van der Waals surface area contributed by atoms with Crippen LogP contribution < -0.4 is 0 Å². The Kier molecular flexibility index (Phi) is 3.01. The van der Waals surface area contributed by atoms with Crippen molar-refractivity contribution in [1.82, 2.24) is 4.98 Å². The molecule has 2 atom stereocenters. The first kappa shape index (κ1) is 9.21. The molecule has 13 heavy (non-hydrogen) atoms. The van der Waals surface area contributed by atoms with Crippen LogP contribution in [-0.4, -0.2) is 20.7 Å². The zero-order valence-electron chi connectivity index (χ0n) is 7.18. The van der Waals surface area contributed by atoms with Crippen LogP contribution >= 0.6 is 11.8 Å². The van der Waals surface area contributed by atoms with Gasteiger partial charge in [0.1, 0.15) is 4.58 Å². The molecule has 4 heteroatoms. The van der Waals surface area contributed by atoms with Gasteiger partial charge in [-0.3, -0.25) is 9.19 Å². The molecule has 1 aliphatic rings. The Morgan fingerprint density at radius 2 is 2.54 bits per heavy atom. The number of hydrogen-bond donors (Lipinski definition) is 0. The predicted octanol–water partition coefficient (Wildman–Crippen LogP) is 1.97. The van der Waals surface area contributed by atoms with Crippen LogP contribution in [0.4, 0.5) is 0 Å². The first-order chi connectivity index (χ1) is 6.38. The maximum absolute atomic E-state index is 11.7. The maximum atomic E-state index is 11.7. The van der Waals surface area contributed by atoms with Crippen molar-refractivity contribution in [1.29, 1.82) is 0 Å². The Balaban J connectivity index is 2.20. The summed E-state index contributed by atoms with van der Waals surface area (Å²) in [5.74, 6) is 1.96. The van der Waals surface area contributed by atoms with Crippen LogP contribution in [0.25, 0.3) is 0 Å². The quantitative estimate of drug-likeness (QED) is 0.714. The highest BCUT2D eigenvalue weighted by Crippen LogP contribution is 2.35. The molecule has 0 aromatic carbocycles. The summed E-state index contributed by atoms with van der Waals surface area (Å²) >= 11 is 1.78. The molecule has 0 spiro atoms. The molecule has 1 fully saturated rings. The summed E-state index contributed by atoms with van der Waals surface area (Å²) in [6, 6.07) is 3.91. The predicted molar refractivity (Wildman–Crippen MR) is 57.1 cm³/mol. The zero-order valence-corrected chi connectivity index (χ0v) is 8.81. The van der Waals surface area contributed by atoms with Crippen LogP contribution in [0.15, 0.2) is 24.5 Å². The normalized spacial score (nSPS) is 28.6. The van der Waals surface area contributed by atoms with Crippen LogP contribution in [0.1, 0.15) is 16.6 Å². The summed E-state index contributed by atoms with van der Waals surface area (Å²) < 4.78 is 11.8. The molecule has 0 saturated carbocycles. The zero-order chi connectivity index (χ0) is 9.10. The fourth-order valence-electron chi connectivity index (χ4n) is 1.34. The van der Waals surface area contributed by atoms with E-state index < -0.39 is 10.8 Å². The first-order valence-corrected chi connectivity index (χ1v) is 6.70. The molecule has 1 aromatic heterocycles. The lowest BCUT2D eigenvalue weighted by Gasteiger charge is -2.20. The minimum atomic E-state index is -0.706. The summed E-state index contributed by atoms with van der Waals surface area (Å²) in [4.78, 5) is 4.05. The molecule has 0 unspecified atom stereocenters. The number of aromatic nitrogens is 1. The van der Waals surface area contributed by atoms with Gasteiger partial charge in [-0.15, -0.1) is 11.8 Å². The average molecular weight is 213 g/mol. The SMILES string of the molecule is O=[S@]1CCCS[C@H]1c1cccnc1. The molecule has 70 valence electrons. The third kappa shape index (κ3) is 2.11. The number of thioether (sulfide) groups is 1. The van der Waals surface area contributed by atoms with E-state index in [9.17, 15) is 4.21 Å². The molecule has 0 N–H and O–H groups in total. The van der Waals surface area contributed by atoms with E-state index in [2.05, 4.69) is 4.98 Å². The van der Waals surface area contributed by atoms with Gasteiger partial charge in [-0.2, -0.15) is 0 Å². The van der Waals surface area contributed by atoms with Crippen LogP contribution in [0.5, 0.6) is 0 Å². The molecule has 0 radical (unpaired) electrons. The number of nitrogens with zero attached hydrogens (tertiary/aromatic N) is 1. The molecule has 0 aliphatic carbocycles. The van der Waals surface area contributed by atoms with Gasteiger partial charge in [-0.1, -0.05) is 6.07 Å². The van der Waals surface area contributed by atoms with Gasteiger partial charge in [0.2, 0.25) is 0 Å². The van der Waals surface area contributed by atoms with E-state index in [0.717, 1.165) is 23.5 Å². The van der Waals surface area contributed by atoms with Gasteiger partial charge >= 0.3 is 0 Å². The Hall–Kier alpha value is -0.350. The van der Waals surface area contributed by atoms with Gasteiger partial charge in [0, 0.05) is 28.9 Å². The summed E-state index contributed by atoms with van der Waals surface area (Å²) in [5, 5.41) is 0. The second-order valence-corrected chi connectivity index (χ2v) is 6.08. The fraction of sp³-hybridized carbons (Fsp3) is 0.444. The van der Waals surface area contributed by atoms with E-state index in [0.29, 0.717) is 0 Å². The number of rotatable bonds is 1. The van der Waals surface area contributed by atoms with Gasteiger partial charge in [-0.25, -0.2) is 0 Å².